The monoisotopic (exact) mass is 359 g/mol. The lowest BCUT2D eigenvalue weighted by molar-refractivity contribution is -0.123. The number of hydrogen-bond acceptors (Lipinski definition) is 6. The van der Waals surface area contributed by atoms with Gasteiger partial charge >= 0.3 is 0 Å². The van der Waals surface area contributed by atoms with Crippen LogP contribution in [0.25, 0.3) is 10.2 Å². The molecule has 3 aromatic rings. The Bertz CT molecular complexity index is 918. The highest BCUT2D eigenvalue weighted by Gasteiger charge is 2.08. The number of thiophene rings is 1. The summed E-state index contributed by atoms with van der Waals surface area (Å²) in [7, 11) is 0. The molecule has 1 aromatic carbocycles. The molecule has 0 unspecified atom stereocenters. The van der Waals surface area contributed by atoms with Crippen LogP contribution >= 0.6 is 11.3 Å². The van der Waals surface area contributed by atoms with Gasteiger partial charge in [-0.05, 0) is 37.3 Å². The number of aromatic nitrogens is 2. The number of amides is 1. The first-order chi connectivity index (χ1) is 12.2. The highest BCUT2D eigenvalue weighted by atomic mass is 32.1. The number of hydrogen-bond donors (Lipinski definition) is 2. The molecule has 130 valence electrons. The van der Waals surface area contributed by atoms with Crippen molar-refractivity contribution in [3.8, 4) is 11.5 Å². The van der Waals surface area contributed by atoms with Crippen LogP contribution in [-0.2, 0) is 11.3 Å². The molecule has 0 radical (unpaired) electrons. The first-order valence-corrected chi connectivity index (χ1v) is 8.56. The van der Waals surface area contributed by atoms with Crippen molar-refractivity contribution in [1.29, 1.82) is 0 Å². The Hall–Kier alpha value is -2.87. The van der Waals surface area contributed by atoms with Gasteiger partial charge in [-0.15, -0.1) is 11.3 Å². The minimum atomic E-state index is -0.242. The third kappa shape index (κ3) is 4.36. The van der Waals surface area contributed by atoms with E-state index in [1.54, 1.807) is 30.3 Å². The van der Waals surface area contributed by atoms with Gasteiger partial charge in [0.1, 0.15) is 16.3 Å². The van der Waals surface area contributed by atoms with Crippen molar-refractivity contribution in [1.82, 2.24) is 15.3 Å². The number of carbonyl (C=O) groups is 1. The van der Waals surface area contributed by atoms with Crippen molar-refractivity contribution < 1.29 is 14.3 Å². The van der Waals surface area contributed by atoms with Crippen molar-refractivity contribution in [2.75, 3.05) is 13.2 Å². The molecule has 0 saturated carbocycles. The van der Waals surface area contributed by atoms with Gasteiger partial charge in [0.15, 0.2) is 6.61 Å². The van der Waals surface area contributed by atoms with Crippen LogP contribution in [0, 0.1) is 0 Å². The van der Waals surface area contributed by atoms with Crippen LogP contribution < -0.4 is 20.3 Å². The predicted octanol–water partition coefficient (Wildman–Crippen LogP) is 2.08. The van der Waals surface area contributed by atoms with Crippen molar-refractivity contribution in [3.05, 3.63) is 51.9 Å². The Balaban J connectivity index is 1.50. The van der Waals surface area contributed by atoms with Crippen molar-refractivity contribution in [2.24, 2.45) is 0 Å². The van der Waals surface area contributed by atoms with Gasteiger partial charge < -0.3 is 19.8 Å². The molecule has 0 aliphatic rings. The highest BCUT2D eigenvalue weighted by Crippen LogP contribution is 2.20. The van der Waals surface area contributed by atoms with E-state index in [0.29, 0.717) is 29.1 Å². The fourth-order valence-electron chi connectivity index (χ4n) is 2.19. The van der Waals surface area contributed by atoms with E-state index in [0.717, 1.165) is 10.6 Å². The molecule has 2 aromatic heterocycles. The summed E-state index contributed by atoms with van der Waals surface area (Å²) in [6, 6.07) is 8.82. The van der Waals surface area contributed by atoms with Gasteiger partial charge in [0.2, 0.25) is 0 Å². The second-order valence-electron chi connectivity index (χ2n) is 5.13. The van der Waals surface area contributed by atoms with Crippen LogP contribution in [-0.4, -0.2) is 29.1 Å². The van der Waals surface area contributed by atoms with E-state index in [4.69, 9.17) is 9.47 Å². The SMILES string of the molecule is CCOc1ccc(OCC(=O)NCc2cc3c(=O)[nH]cnc3s2)cc1. The zero-order valence-electron chi connectivity index (χ0n) is 13.6. The van der Waals surface area contributed by atoms with Crippen molar-refractivity contribution >= 4 is 27.5 Å². The van der Waals surface area contributed by atoms with Gasteiger partial charge in [0, 0.05) is 4.88 Å². The molecule has 25 heavy (non-hydrogen) atoms. The normalized spacial score (nSPS) is 10.6. The number of aromatic amines is 1. The van der Waals surface area contributed by atoms with Crippen LogP contribution in [0.15, 0.2) is 41.5 Å². The molecule has 0 bridgehead atoms. The van der Waals surface area contributed by atoms with Gasteiger partial charge in [-0.2, -0.15) is 0 Å². The number of H-pyrrole nitrogens is 1. The molecule has 0 aliphatic carbocycles. The Morgan fingerprint density at radius 1 is 1.24 bits per heavy atom. The summed E-state index contributed by atoms with van der Waals surface area (Å²) in [5, 5.41) is 3.29. The second kappa shape index (κ2) is 7.80. The largest absolute Gasteiger partial charge is 0.494 e. The molecule has 8 heteroatoms. The number of nitrogens with one attached hydrogen (secondary N) is 2. The fourth-order valence-corrected chi connectivity index (χ4v) is 3.13. The average molecular weight is 359 g/mol. The van der Waals surface area contributed by atoms with Gasteiger partial charge in [0.25, 0.3) is 11.5 Å². The summed E-state index contributed by atoms with van der Waals surface area (Å²) < 4.78 is 10.8. The third-order valence-electron chi connectivity index (χ3n) is 3.35. The Morgan fingerprint density at radius 3 is 2.64 bits per heavy atom. The van der Waals surface area contributed by atoms with Crippen LogP contribution in [0.4, 0.5) is 0 Å². The number of carbonyl (C=O) groups excluding carboxylic acids is 1. The second-order valence-corrected chi connectivity index (χ2v) is 6.25. The van der Waals surface area contributed by atoms with Crippen molar-refractivity contribution in [2.45, 2.75) is 13.5 Å². The van der Waals surface area contributed by atoms with E-state index in [1.807, 2.05) is 6.92 Å². The summed E-state index contributed by atoms with van der Waals surface area (Å²) in [5.41, 5.74) is -0.183. The minimum Gasteiger partial charge on any atom is -0.494 e. The Kier molecular flexibility index (Phi) is 5.30. The zero-order chi connectivity index (χ0) is 17.6. The van der Waals surface area contributed by atoms with Gasteiger partial charge in [-0.25, -0.2) is 4.98 Å². The van der Waals surface area contributed by atoms with Gasteiger partial charge in [-0.1, -0.05) is 0 Å². The molecule has 0 saturated heterocycles. The molecule has 0 spiro atoms. The number of nitrogens with zero attached hydrogens (tertiary/aromatic N) is 1. The fraction of sp³-hybridized carbons (Fsp3) is 0.235. The quantitative estimate of drug-likeness (QED) is 0.674. The van der Waals surface area contributed by atoms with Gasteiger partial charge in [-0.3, -0.25) is 9.59 Å². The summed E-state index contributed by atoms with van der Waals surface area (Å²) in [6.45, 7) is 2.75. The molecule has 0 aliphatic heterocycles. The van der Waals surface area contributed by atoms with Crippen LogP contribution in [0.1, 0.15) is 11.8 Å². The highest BCUT2D eigenvalue weighted by molar-refractivity contribution is 7.18. The van der Waals surface area contributed by atoms with Crippen LogP contribution in [0.3, 0.4) is 0 Å². The van der Waals surface area contributed by atoms with E-state index in [-0.39, 0.29) is 18.1 Å². The molecule has 2 heterocycles. The van der Waals surface area contributed by atoms with E-state index in [2.05, 4.69) is 15.3 Å². The third-order valence-corrected chi connectivity index (χ3v) is 4.39. The minimum absolute atomic E-state index is 0.0856. The van der Waals surface area contributed by atoms with Crippen LogP contribution in [0.5, 0.6) is 11.5 Å². The van der Waals surface area contributed by atoms with E-state index in [1.165, 1.54) is 17.7 Å². The molecule has 0 fully saturated rings. The molecule has 2 N–H and O–H groups in total. The number of rotatable bonds is 7. The molecule has 7 nitrogen and oxygen atoms in total. The lowest BCUT2D eigenvalue weighted by Crippen LogP contribution is -2.28. The standard InChI is InChI=1S/C17H17N3O4S/c1-2-23-11-3-5-12(6-4-11)24-9-15(21)18-8-13-7-14-16(22)19-10-20-17(14)25-13/h3-7,10H,2,8-9H2,1H3,(H,18,21)(H,19,20,22). The predicted molar refractivity (Wildman–Crippen MR) is 95.2 cm³/mol. The van der Waals surface area contributed by atoms with Crippen LogP contribution in [0.2, 0.25) is 0 Å². The maximum atomic E-state index is 11.9. The number of ether oxygens (including phenoxy) is 2. The van der Waals surface area contributed by atoms with Gasteiger partial charge in [0.05, 0.1) is 24.9 Å². The van der Waals surface area contributed by atoms with E-state index in [9.17, 15) is 9.59 Å². The lowest BCUT2D eigenvalue weighted by atomic mass is 10.3. The Labute approximate surface area is 147 Å². The number of fused-ring (bicyclic) bond motifs is 1. The zero-order valence-corrected chi connectivity index (χ0v) is 14.4. The Morgan fingerprint density at radius 2 is 1.96 bits per heavy atom. The van der Waals surface area contributed by atoms with E-state index < -0.39 is 0 Å². The molecule has 1 amide bonds. The van der Waals surface area contributed by atoms with E-state index >= 15 is 0 Å². The average Bonchev–Trinajstić information content (AvgIpc) is 3.04. The summed E-state index contributed by atoms with van der Waals surface area (Å²) in [4.78, 5) is 31.7. The summed E-state index contributed by atoms with van der Waals surface area (Å²) in [5.74, 6) is 1.11. The summed E-state index contributed by atoms with van der Waals surface area (Å²) in [6.07, 6.45) is 1.37. The summed E-state index contributed by atoms with van der Waals surface area (Å²) >= 11 is 1.37. The number of benzene rings is 1. The molecule has 3 rings (SSSR count). The first kappa shape index (κ1) is 17.0. The first-order valence-electron chi connectivity index (χ1n) is 7.74. The maximum absolute atomic E-state index is 11.9. The molecule has 0 atom stereocenters. The molecular formula is C17H17N3O4S. The topological polar surface area (TPSA) is 93.3 Å². The lowest BCUT2D eigenvalue weighted by Gasteiger charge is -2.08. The molecular weight excluding hydrogens is 342 g/mol. The smallest absolute Gasteiger partial charge is 0.259 e. The van der Waals surface area contributed by atoms with Crippen molar-refractivity contribution in [3.63, 3.8) is 0 Å². The maximum Gasteiger partial charge on any atom is 0.259 e.